The van der Waals surface area contributed by atoms with Crippen LogP contribution >= 0.6 is 11.6 Å². The molecule has 5 rings (SSSR count). The van der Waals surface area contributed by atoms with Crippen LogP contribution in [0.2, 0.25) is 5.02 Å². The molecule has 36 heavy (non-hydrogen) atoms. The first-order valence-electron chi connectivity index (χ1n) is 11.2. The van der Waals surface area contributed by atoms with Crippen LogP contribution in [0.25, 0.3) is 5.69 Å². The predicted molar refractivity (Wildman–Crippen MR) is 135 cm³/mol. The summed E-state index contributed by atoms with van der Waals surface area (Å²) in [6, 6.07) is 18.0. The van der Waals surface area contributed by atoms with Crippen molar-refractivity contribution in [2.75, 3.05) is 5.01 Å². The number of nitrogens with one attached hydrogen (secondary N) is 1. The summed E-state index contributed by atoms with van der Waals surface area (Å²) in [7, 11) is 0. The summed E-state index contributed by atoms with van der Waals surface area (Å²) >= 11 is 6.59. The summed E-state index contributed by atoms with van der Waals surface area (Å²) in [6.07, 6.45) is 0. The molecular weight excluding hydrogens is 486 g/mol. The molecule has 182 valence electrons. The lowest BCUT2D eigenvalue weighted by molar-refractivity contribution is -0.120. The van der Waals surface area contributed by atoms with Crippen molar-refractivity contribution in [2.45, 2.75) is 19.8 Å². The van der Waals surface area contributed by atoms with Gasteiger partial charge in [0.05, 0.1) is 17.3 Å². The number of hydrazone groups is 1. The lowest BCUT2D eigenvalue weighted by Gasteiger charge is -2.24. The molecule has 1 amide bonds. The highest BCUT2D eigenvalue weighted by atomic mass is 35.5. The highest BCUT2D eigenvalue weighted by molar-refractivity contribution is 6.31. The minimum absolute atomic E-state index is 0.348. The minimum atomic E-state index is -0.834. The second-order valence-corrected chi connectivity index (χ2v) is 9.02. The zero-order chi connectivity index (χ0) is 25.6. The molecule has 0 fully saturated rings. The van der Waals surface area contributed by atoms with Crippen LogP contribution in [0, 0.1) is 24.5 Å². The van der Waals surface area contributed by atoms with Gasteiger partial charge in [-0.05, 0) is 74.0 Å². The van der Waals surface area contributed by atoms with Crippen LogP contribution in [0.1, 0.15) is 29.7 Å². The molecule has 1 aliphatic rings. The van der Waals surface area contributed by atoms with Crippen LogP contribution in [0.15, 0.2) is 82.7 Å². The van der Waals surface area contributed by atoms with Crippen molar-refractivity contribution < 1.29 is 13.6 Å². The largest absolute Gasteiger partial charge is 0.295 e. The van der Waals surface area contributed by atoms with E-state index in [9.17, 15) is 18.4 Å². The molecular formula is C27H21ClF2N4O2. The normalized spacial score (nSPS) is 16.4. The summed E-state index contributed by atoms with van der Waals surface area (Å²) in [6.45, 7) is 3.46. The maximum atomic E-state index is 13.8. The van der Waals surface area contributed by atoms with Crippen LogP contribution in [0.5, 0.6) is 0 Å². The third-order valence-electron chi connectivity index (χ3n) is 6.34. The molecule has 9 heteroatoms. The van der Waals surface area contributed by atoms with Gasteiger partial charge in [-0.25, -0.2) is 18.5 Å². The van der Waals surface area contributed by atoms with Gasteiger partial charge in [0.25, 0.3) is 11.5 Å². The maximum absolute atomic E-state index is 13.8. The number of aromatic nitrogens is 2. The fourth-order valence-corrected chi connectivity index (χ4v) is 4.91. The molecule has 1 aliphatic heterocycles. The number of hydrogen-bond acceptors (Lipinski definition) is 3. The van der Waals surface area contributed by atoms with Gasteiger partial charge in [0, 0.05) is 27.9 Å². The fourth-order valence-electron chi connectivity index (χ4n) is 4.66. The minimum Gasteiger partial charge on any atom is -0.295 e. The van der Waals surface area contributed by atoms with Crippen LogP contribution in [0.4, 0.5) is 14.5 Å². The van der Waals surface area contributed by atoms with E-state index in [1.165, 1.54) is 58.2 Å². The first-order chi connectivity index (χ1) is 17.3. The van der Waals surface area contributed by atoms with Gasteiger partial charge in [-0.3, -0.25) is 14.7 Å². The van der Waals surface area contributed by atoms with Crippen molar-refractivity contribution in [1.29, 1.82) is 0 Å². The van der Waals surface area contributed by atoms with E-state index in [1.54, 1.807) is 38.1 Å². The molecule has 1 aromatic heterocycles. The first kappa shape index (κ1) is 23.7. The van der Waals surface area contributed by atoms with Crippen LogP contribution in [0.3, 0.4) is 0 Å². The van der Waals surface area contributed by atoms with E-state index in [4.69, 9.17) is 11.6 Å². The maximum Gasteiger partial charge on any atom is 0.275 e. The van der Waals surface area contributed by atoms with Gasteiger partial charge in [-0.15, -0.1) is 0 Å². The van der Waals surface area contributed by atoms with E-state index in [0.29, 0.717) is 38.9 Å². The third-order valence-corrected chi connectivity index (χ3v) is 6.68. The average Bonchev–Trinajstić information content (AvgIpc) is 3.32. The number of amides is 1. The first-order valence-corrected chi connectivity index (χ1v) is 11.6. The molecule has 1 N–H and O–H groups in total. The molecule has 6 nitrogen and oxygen atoms in total. The van der Waals surface area contributed by atoms with E-state index in [-0.39, 0.29) is 11.5 Å². The summed E-state index contributed by atoms with van der Waals surface area (Å²) in [5.74, 6) is -2.81. The van der Waals surface area contributed by atoms with Crippen LogP contribution < -0.4 is 10.6 Å². The highest BCUT2D eigenvalue weighted by Crippen LogP contribution is 2.40. The standard InChI is InChI=1S/C27H21ClF2N4O2/c1-15-23(26(35)33(31-15)19-11-7-17(29)8-12-19)25(21-5-3-4-6-22(21)28)24-16(2)32-34(27(24)36)20-13-9-18(30)10-14-20/h3-14,23,25,32H,1-2H3. The third kappa shape index (κ3) is 4.03. The van der Waals surface area contributed by atoms with Crippen molar-refractivity contribution in [3.63, 3.8) is 0 Å². The Morgan fingerprint density at radius 1 is 0.889 bits per heavy atom. The molecule has 0 saturated carbocycles. The monoisotopic (exact) mass is 506 g/mol. The number of hydrogen-bond donors (Lipinski definition) is 1. The lowest BCUT2D eigenvalue weighted by Crippen LogP contribution is -2.34. The van der Waals surface area contributed by atoms with Gasteiger partial charge in [-0.1, -0.05) is 29.8 Å². The van der Waals surface area contributed by atoms with E-state index in [2.05, 4.69) is 10.2 Å². The second-order valence-electron chi connectivity index (χ2n) is 8.61. The lowest BCUT2D eigenvalue weighted by atomic mass is 9.78. The Morgan fingerprint density at radius 2 is 1.47 bits per heavy atom. The highest BCUT2D eigenvalue weighted by Gasteiger charge is 2.44. The number of aromatic amines is 1. The Labute approximate surface area is 210 Å². The van der Waals surface area contributed by atoms with Gasteiger partial charge in [0.2, 0.25) is 0 Å². The molecule has 2 heterocycles. The number of carbonyl (C=O) groups excluding carboxylic acids is 1. The molecule has 4 aromatic rings. The predicted octanol–water partition coefficient (Wildman–Crippen LogP) is 5.58. The number of aryl methyl sites for hydroxylation is 1. The van der Waals surface area contributed by atoms with Gasteiger partial charge in [0.1, 0.15) is 11.6 Å². The number of anilines is 1. The summed E-state index contributed by atoms with van der Waals surface area (Å²) in [5, 5.41) is 9.14. The summed E-state index contributed by atoms with van der Waals surface area (Å²) in [4.78, 5) is 27.5. The number of benzene rings is 3. The molecule has 3 aromatic carbocycles. The number of rotatable bonds is 5. The Kier molecular flexibility index (Phi) is 6.05. The van der Waals surface area contributed by atoms with Crippen molar-refractivity contribution in [3.8, 4) is 5.69 Å². The van der Waals surface area contributed by atoms with E-state index < -0.39 is 23.5 Å². The van der Waals surface area contributed by atoms with Crippen molar-refractivity contribution in [1.82, 2.24) is 9.78 Å². The Balaban J connectivity index is 1.66. The van der Waals surface area contributed by atoms with Crippen LogP contribution in [-0.4, -0.2) is 21.4 Å². The smallest absolute Gasteiger partial charge is 0.275 e. The van der Waals surface area contributed by atoms with Gasteiger partial charge in [0.15, 0.2) is 0 Å². The SMILES string of the molecule is CC1=NN(c2ccc(F)cc2)C(=O)C1C(c1ccccc1Cl)c1c(C)[nH]n(-c2ccc(F)cc2)c1=O. The molecule has 2 unspecified atom stereocenters. The summed E-state index contributed by atoms with van der Waals surface area (Å²) < 4.78 is 28.3. The molecule has 0 aliphatic carbocycles. The molecule has 0 bridgehead atoms. The fraction of sp³-hybridized carbons (Fsp3) is 0.148. The van der Waals surface area contributed by atoms with E-state index in [1.807, 2.05) is 0 Å². The van der Waals surface area contributed by atoms with Crippen LogP contribution in [-0.2, 0) is 4.79 Å². The number of nitrogens with zero attached hydrogens (tertiary/aromatic N) is 3. The molecule has 0 saturated heterocycles. The van der Waals surface area contributed by atoms with E-state index in [0.717, 1.165) is 0 Å². The Morgan fingerprint density at radius 3 is 2.08 bits per heavy atom. The number of halogens is 3. The summed E-state index contributed by atoms with van der Waals surface area (Å²) in [5.41, 5.74) is 2.45. The van der Waals surface area contributed by atoms with Gasteiger partial charge >= 0.3 is 0 Å². The molecule has 2 atom stereocenters. The zero-order valence-corrected chi connectivity index (χ0v) is 20.1. The van der Waals surface area contributed by atoms with Crippen molar-refractivity contribution >= 4 is 28.9 Å². The Bertz CT molecular complexity index is 1540. The quantitative estimate of drug-likeness (QED) is 0.384. The van der Waals surface area contributed by atoms with E-state index >= 15 is 0 Å². The van der Waals surface area contributed by atoms with Gasteiger partial charge < -0.3 is 0 Å². The molecule has 0 spiro atoms. The average molecular weight is 507 g/mol. The number of carbonyl (C=O) groups is 1. The second kappa shape index (κ2) is 9.20. The van der Waals surface area contributed by atoms with Crippen molar-refractivity contribution in [3.05, 3.63) is 117 Å². The zero-order valence-electron chi connectivity index (χ0n) is 19.4. The number of H-pyrrole nitrogens is 1. The Hall–Kier alpha value is -4.04. The van der Waals surface area contributed by atoms with Crippen molar-refractivity contribution in [2.24, 2.45) is 11.0 Å². The topological polar surface area (TPSA) is 70.5 Å². The van der Waals surface area contributed by atoms with Gasteiger partial charge in [-0.2, -0.15) is 5.10 Å². The molecule has 0 radical (unpaired) electrons.